The van der Waals surface area contributed by atoms with Gasteiger partial charge < -0.3 is 15.5 Å². The number of aliphatic hydroxyl groups excluding tert-OH is 1. The maximum Gasteiger partial charge on any atom is 0.251 e. The SMILES string of the molecule is O=C(N[C@H]1CCCC[C@@H]1O)c1ccc(Br)c(O)c1. The summed E-state index contributed by atoms with van der Waals surface area (Å²) in [6, 6.07) is 4.49. The second kappa shape index (κ2) is 5.71. The molecule has 1 fully saturated rings. The van der Waals surface area contributed by atoms with E-state index in [4.69, 9.17) is 0 Å². The molecule has 0 unspecified atom stereocenters. The fourth-order valence-corrected chi connectivity index (χ4v) is 2.43. The summed E-state index contributed by atoms with van der Waals surface area (Å²) in [5.74, 6) is -0.226. The summed E-state index contributed by atoms with van der Waals surface area (Å²) in [7, 11) is 0. The number of hydrogen-bond donors (Lipinski definition) is 3. The molecule has 2 atom stereocenters. The molecule has 3 N–H and O–H groups in total. The van der Waals surface area contributed by atoms with Crippen molar-refractivity contribution in [2.75, 3.05) is 0 Å². The molecule has 1 aromatic rings. The smallest absolute Gasteiger partial charge is 0.251 e. The average Bonchev–Trinajstić information content (AvgIpc) is 2.35. The van der Waals surface area contributed by atoms with Crippen molar-refractivity contribution >= 4 is 21.8 Å². The van der Waals surface area contributed by atoms with Crippen LogP contribution in [-0.2, 0) is 0 Å². The average molecular weight is 314 g/mol. The van der Waals surface area contributed by atoms with Crippen molar-refractivity contribution in [3.63, 3.8) is 0 Å². The third kappa shape index (κ3) is 3.03. The van der Waals surface area contributed by atoms with Crippen molar-refractivity contribution in [1.29, 1.82) is 0 Å². The van der Waals surface area contributed by atoms with Gasteiger partial charge in [-0.1, -0.05) is 12.8 Å². The van der Waals surface area contributed by atoms with Crippen LogP contribution < -0.4 is 5.32 Å². The summed E-state index contributed by atoms with van der Waals surface area (Å²) in [5.41, 5.74) is 0.397. The summed E-state index contributed by atoms with van der Waals surface area (Å²) in [5, 5.41) is 22.1. The van der Waals surface area contributed by atoms with E-state index in [2.05, 4.69) is 21.2 Å². The van der Waals surface area contributed by atoms with Crippen molar-refractivity contribution in [3.05, 3.63) is 28.2 Å². The monoisotopic (exact) mass is 313 g/mol. The summed E-state index contributed by atoms with van der Waals surface area (Å²) in [4.78, 5) is 12.0. The third-order valence-electron chi connectivity index (χ3n) is 3.25. The molecule has 1 aromatic carbocycles. The van der Waals surface area contributed by atoms with E-state index in [0.29, 0.717) is 10.0 Å². The highest BCUT2D eigenvalue weighted by Gasteiger charge is 2.24. The Balaban J connectivity index is 2.04. The third-order valence-corrected chi connectivity index (χ3v) is 3.92. The van der Waals surface area contributed by atoms with Crippen molar-refractivity contribution in [2.24, 2.45) is 0 Å². The highest BCUT2D eigenvalue weighted by Crippen LogP contribution is 2.25. The molecular formula is C13H16BrNO3. The maximum absolute atomic E-state index is 12.0. The first-order valence-corrected chi connectivity index (χ1v) is 6.84. The number of halogens is 1. The van der Waals surface area contributed by atoms with Gasteiger partial charge in [-0.2, -0.15) is 0 Å². The number of aliphatic hydroxyl groups is 1. The molecule has 1 aliphatic rings. The Morgan fingerprint density at radius 2 is 2.06 bits per heavy atom. The van der Waals surface area contributed by atoms with E-state index in [-0.39, 0.29) is 17.7 Å². The number of aromatic hydroxyl groups is 1. The van der Waals surface area contributed by atoms with Gasteiger partial charge in [0.25, 0.3) is 5.91 Å². The van der Waals surface area contributed by atoms with Crippen LogP contribution in [0.4, 0.5) is 0 Å². The van der Waals surface area contributed by atoms with Crippen LogP contribution in [0, 0.1) is 0 Å². The molecule has 0 spiro atoms. The van der Waals surface area contributed by atoms with Crippen LogP contribution in [0.2, 0.25) is 0 Å². The first-order valence-electron chi connectivity index (χ1n) is 6.05. The van der Waals surface area contributed by atoms with Gasteiger partial charge in [-0.05, 0) is 47.0 Å². The second-order valence-electron chi connectivity index (χ2n) is 4.60. The molecule has 0 saturated heterocycles. The van der Waals surface area contributed by atoms with Gasteiger partial charge in [0.1, 0.15) is 5.75 Å². The zero-order valence-electron chi connectivity index (χ0n) is 9.90. The standard InChI is InChI=1S/C13H16BrNO3/c14-9-6-5-8(7-12(9)17)13(18)15-10-3-1-2-4-11(10)16/h5-7,10-11,16-17H,1-4H2,(H,15,18)/t10-,11-/m0/s1. The molecule has 1 saturated carbocycles. The van der Waals surface area contributed by atoms with Gasteiger partial charge in [-0.25, -0.2) is 0 Å². The lowest BCUT2D eigenvalue weighted by Crippen LogP contribution is -2.45. The lowest BCUT2D eigenvalue weighted by Gasteiger charge is -2.28. The van der Waals surface area contributed by atoms with Crippen molar-refractivity contribution < 1.29 is 15.0 Å². The Morgan fingerprint density at radius 3 is 2.72 bits per heavy atom. The van der Waals surface area contributed by atoms with Crippen molar-refractivity contribution in [1.82, 2.24) is 5.32 Å². The fourth-order valence-electron chi connectivity index (χ4n) is 2.19. The quantitative estimate of drug-likeness (QED) is 0.784. The van der Waals surface area contributed by atoms with Crippen LogP contribution in [0.25, 0.3) is 0 Å². The van der Waals surface area contributed by atoms with Gasteiger partial charge in [-0.3, -0.25) is 4.79 Å². The number of phenols is 1. The first kappa shape index (κ1) is 13.4. The normalized spacial score (nSPS) is 23.7. The predicted octanol–water partition coefficient (Wildman–Crippen LogP) is 2.19. The second-order valence-corrected chi connectivity index (χ2v) is 5.45. The van der Waals surface area contributed by atoms with E-state index < -0.39 is 6.10 Å². The van der Waals surface area contributed by atoms with Crippen LogP contribution >= 0.6 is 15.9 Å². The molecule has 0 heterocycles. The van der Waals surface area contributed by atoms with Crippen LogP contribution in [0.1, 0.15) is 36.0 Å². The highest BCUT2D eigenvalue weighted by molar-refractivity contribution is 9.10. The van der Waals surface area contributed by atoms with Gasteiger partial charge in [0.2, 0.25) is 0 Å². The van der Waals surface area contributed by atoms with Crippen LogP contribution in [0.5, 0.6) is 5.75 Å². The number of amides is 1. The minimum Gasteiger partial charge on any atom is -0.507 e. The Morgan fingerprint density at radius 1 is 1.33 bits per heavy atom. The predicted molar refractivity (Wildman–Crippen MR) is 71.5 cm³/mol. The fraction of sp³-hybridized carbons (Fsp3) is 0.462. The molecule has 18 heavy (non-hydrogen) atoms. The van der Waals surface area contributed by atoms with Gasteiger partial charge in [0, 0.05) is 5.56 Å². The topological polar surface area (TPSA) is 69.6 Å². The molecule has 1 aliphatic carbocycles. The highest BCUT2D eigenvalue weighted by atomic mass is 79.9. The zero-order valence-corrected chi connectivity index (χ0v) is 11.5. The van der Waals surface area contributed by atoms with Crippen molar-refractivity contribution in [3.8, 4) is 5.75 Å². The molecule has 1 amide bonds. The Labute approximate surface area is 114 Å². The number of phenolic OH excluding ortho intramolecular Hbond substituents is 1. The van der Waals surface area contributed by atoms with E-state index in [1.165, 1.54) is 6.07 Å². The minimum atomic E-state index is -0.466. The van der Waals surface area contributed by atoms with E-state index >= 15 is 0 Å². The number of nitrogens with one attached hydrogen (secondary N) is 1. The van der Waals surface area contributed by atoms with Gasteiger partial charge >= 0.3 is 0 Å². The molecule has 0 bridgehead atoms. The summed E-state index contributed by atoms with van der Waals surface area (Å²) < 4.78 is 0.553. The van der Waals surface area contributed by atoms with Gasteiger partial charge in [0.05, 0.1) is 16.6 Å². The molecule has 4 nitrogen and oxygen atoms in total. The van der Waals surface area contributed by atoms with Crippen LogP contribution in [0.15, 0.2) is 22.7 Å². The molecule has 0 radical (unpaired) electrons. The molecule has 2 rings (SSSR count). The van der Waals surface area contributed by atoms with E-state index in [1.807, 2.05) is 0 Å². The lowest BCUT2D eigenvalue weighted by molar-refractivity contribution is 0.0717. The van der Waals surface area contributed by atoms with Crippen LogP contribution in [0.3, 0.4) is 0 Å². The van der Waals surface area contributed by atoms with Crippen molar-refractivity contribution in [2.45, 2.75) is 37.8 Å². The van der Waals surface area contributed by atoms with E-state index in [9.17, 15) is 15.0 Å². The van der Waals surface area contributed by atoms with Gasteiger partial charge in [-0.15, -0.1) is 0 Å². The summed E-state index contributed by atoms with van der Waals surface area (Å²) in [6.45, 7) is 0. The molecule has 0 aliphatic heterocycles. The molecule has 0 aromatic heterocycles. The van der Waals surface area contributed by atoms with Gasteiger partial charge in [0.15, 0.2) is 0 Å². The minimum absolute atomic E-state index is 0.0341. The number of rotatable bonds is 2. The van der Waals surface area contributed by atoms with Crippen LogP contribution in [-0.4, -0.2) is 28.3 Å². The lowest BCUT2D eigenvalue weighted by atomic mass is 9.92. The molecule has 5 heteroatoms. The number of carbonyl (C=O) groups excluding carboxylic acids is 1. The largest absolute Gasteiger partial charge is 0.507 e. The molecule has 98 valence electrons. The summed E-state index contributed by atoms with van der Waals surface area (Å²) >= 11 is 3.16. The van der Waals surface area contributed by atoms with E-state index in [0.717, 1.165) is 25.7 Å². The Hall–Kier alpha value is -1.07. The first-order chi connectivity index (χ1) is 8.58. The summed E-state index contributed by atoms with van der Waals surface area (Å²) in [6.07, 6.45) is 3.10. The number of benzene rings is 1. The van der Waals surface area contributed by atoms with E-state index in [1.54, 1.807) is 12.1 Å². The molecular weight excluding hydrogens is 298 g/mol. The Bertz CT molecular complexity index is 450. The maximum atomic E-state index is 12.0. The number of carbonyl (C=O) groups is 1. The zero-order chi connectivity index (χ0) is 13.1. The number of hydrogen-bond acceptors (Lipinski definition) is 3. The Kier molecular flexibility index (Phi) is 4.24.